The van der Waals surface area contributed by atoms with Crippen molar-refractivity contribution >= 4 is 5.91 Å². The van der Waals surface area contributed by atoms with Crippen LogP contribution in [0.5, 0.6) is 0 Å². The third kappa shape index (κ3) is 2.11. The van der Waals surface area contributed by atoms with Crippen molar-refractivity contribution in [2.75, 3.05) is 6.54 Å². The third-order valence-corrected chi connectivity index (χ3v) is 2.24. The number of carbonyl (C=O) groups excluding carboxylic acids is 1. The van der Waals surface area contributed by atoms with Gasteiger partial charge in [-0.05, 0) is 37.3 Å². The molecular formula is C12H13N3O. The van der Waals surface area contributed by atoms with Crippen molar-refractivity contribution in [2.24, 2.45) is 0 Å². The lowest BCUT2D eigenvalue weighted by Crippen LogP contribution is -2.22. The second-order valence-corrected chi connectivity index (χ2v) is 3.36. The van der Waals surface area contributed by atoms with Gasteiger partial charge in [-0.1, -0.05) is 0 Å². The summed E-state index contributed by atoms with van der Waals surface area (Å²) in [6.07, 6.45) is 3.58. The molecule has 0 spiro atoms. The topological polar surface area (TPSA) is 46.9 Å². The van der Waals surface area contributed by atoms with E-state index in [0.717, 1.165) is 5.69 Å². The Kier molecular flexibility index (Phi) is 3.00. The first-order valence-electron chi connectivity index (χ1n) is 5.19. The molecule has 2 rings (SSSR count). The molecular weight excluding hydrogens is 202 g/mol. The molecule has 2 aromatic rings. The Morgan fingerprint density at radius 3 is 2.69 bits per heavy atom. The lowest BCUT2D eigenvalue weighted by Gasteiger charge is -2.04. The van der Waals surface area contributed by atoms with E-state index in [-0.39, 0.29) is 5.91 Å². The number of hydrogen-bond donors (Lipinski definition) is 1. The molecule has 0 unspecified atom stereocenters. The Morgan fingerprint density at radius 1 is 1.38 bits per heavy atom. The normalized spacial score (nSPS) is 10.1. The van der Waals surface area contributed by atoms with Crippen LogP contribution in [0, 0.1) is 0 Å². The highest BCUT2D eigenvalue weighted by Gasteiger charge is 2.03. The van der Waals surface area contributed by atoms with E-state index in [2.05, 4.69) is 10.4 Å². The maximum atomic E-state index is 11.5. The van der Waals surface area contributed by atoms with E-state index in [4.69, 9.17) is 0 Å². The van der Waals surface area contributed by atoms with E-state index in [9.17, 15) is 4.79 Å². The molecule has 82 valence electrons. The summed E-state index contributed by atoms with van der Waals surface area (Å²) in [5.74, 6) is -0.0467. The van der Waals surface area contributed by atoms with Gasteiger partial charge in [-0.3, -0.25) is 4.79 Å². The van der Waals surface area contributed by atoms with E-state index in [1.165, 1.54) is 0 Å². The van der Waals surface area contributed by atoms with E-state index in [1.807, 2.05) is 31.3 Å². The molecule has 1 N–H and O–H groups in total. The molecule has 0 aliphatic rings. The molecule has 4 nitrogen and oxygen atoms in total. The number of carbonyl (C=O) groups is 1. The van der Waals surface area contributed by atoms with Gasteiger partial charge < -0.3 is 5.32 Å². The average Bonchev–Trinajstić information content (AvgIpc) is 2.83. The second kappa shape index (κ2) is 4.61. The van der Waals surface area contributed by atoms with E-state index >= 15 is 0 Å². The smallest absolute Gasteiger partial charge is 0.251 e. The zero-order chi connectivity index (χ0) is 11.4. The first-order chi connectivity index (χ1) is 7.81. The van der Waals surface area contributed by atoms with E-state index < -0.39 is 0 Å². The van der Waals surface area contributed by atoms with Crippen LogP contribution in [0.4, 0.5) is 0 Å². The quantitative estimate of drug-likeness (QED) is 0.845. The molecule has 0 saturated heterocycles. The van der Waals surface area contributed by atoms with Crippen molar-refractivity contribution < 1.29 is 4.79 Å². The Labute approximate surface area is 93.9 Å². The standard InChI is InChI=1S/C12H13N3O/c1-2-13-12(16)10-4-6-11(7-5-10)15-9-3-8-14-15/h3-9H,2H2,1H3,(H,13,16). The van der Waals surface area contributed by atoms with Gasteiger partial charge in [0.1, 0.15) is 0 Å². The van der Waals surface area contributed by atoms with Crippen LogP contribution < -0.4 is 5.32 Å². The number of aromatic nitrogens is 2. The highest BCUT2D eigenvalue weighted by molar-refractivity contribution is 5.94. The van der Waals surface area contributed by atoms with Crippen LogP contribution in [-0.2, 0) is 0 Å². The summed E-state index contributed by atoms with van der Waals surface area (Å²) in [4.78, 5) is 11.5. The summed E-state index contributed by atoms with van der Waals surface area (Å²) in [6.45, 7) is 2.54. The molecule has 0 fully saturated rings. The molecule has 4 heteroatoms. The van der Waals surface area contributed by atoms with Gasteiger partial charge in [-0.2, -0.15) is 5.10 Å². The Bertz CT molecular complexity index is 460. The SMILES string of the molecule is CCNC(=O)c1ccc(-n2cccn2)cc1. The van der Waals surface area contributed by atoms with Gasteiger partial charge in [-0.25, -0.2) is 4.68 Å². The lowest BCUT2D eigenvalue weighted by molar-refractivity contribution is 0.0956. The first kappa shape index (κ1) is 10.4. The van der Waals surface area contributed by atoms with Crippen molar-refractivity contribution in [3.05, 3.63) is 48.3 Å². The van der Waals surface area contributed by atoms with Crippen LogP contribution >= 0.6 is 0 Å². The second-order valence-electron chi connectivity index (χ2n) is 3.36. The first-order valence-corrected chi connectivity index (χ1v) is 5.19. The predicted molar refractivity (Wildman–Crippen MR) is 61.6 cm³/mol. The Balaban J connectivity index is 2.20. The molecule has 1 aromatic heterocycles. The van der Waals surface area contributed by atoms with Crippen LogP contribution in [-0.4, -0.2) is 22.2 Å². The lowest BCUT2D eigenvalue weighted by atomic mass is 10.2. The van der Waals surface area contributed by atoms with Gasteiger partial charge in [0.25, 0.3) is 5.91 Å². The van der Waals surface area contributed by atoms with Crippen LogP contribution in [0.15, 0.2) is 42.7 Å². The van der Waals surface area contributed by atoms with Gasteiger partial charge >= 0.3 is 0 Å². The summed E-state index contributed by atoms with van der Waals surface area (Å²) in [6, 6.07) is 9.19. The van der Waals surface area contributed by atoms with Gasteiger partial charge in [0.15, 0.2) is 0 Å². The number of amides is 1. The van der Waals surface area contributed by atoms with Crippen LogP contribution in [0.3, 0.4) is 0 Å². The maximum Gasteiger partial charge on any atom is 0.251 e. The summed E-state index contributed by atoms with van der Waals surface area (Å²) >= 11 is 0. The van der Waals surface area contributed by atoms with E-state index in [0.29, 0.717) is 12.1 Å². The van der Waals surface area contributed by atoms with Crippen molar-refractivity contribution in [1.29, 1.82) is 0 Å². The average molecular weight is 215 g/mol. The van der Waals surface area contributed by atoms with Gasteiger partial charge in [0.2, 0.25) is 0 Å². The minimum absolute atomic E-state index is 0.0467. The Morgan fingerprint density at radius 2 is 2.12 bits per heavy atom. The molecule has 1 amide bonds. The fourth-order valence-corrected chi connectivity index (χ4v) is 1.45. The summed E-state index contributed by atoms with van der Waals surface area (Å²) in [5.41, 5.74) is 1.61. The summed E-state index contributed by atoms with van der Waals surface area (Å²) in [7, 11) is 0. The molecule has 1 aromatic carbocycles. The van der Waals surface area contributed by atoms with Crippen molar-refractivity contribution in [3.63, 3.8) is 0 Å². The number of benzene rings is 1. The number of hydrogen-bond acceptors (Lipinski definition) is 2. The molecule has 0 aliphatic heterocycles. The molecule has 0 bridgehead atoms. The summed E-state index contributed by atoms with van der Waals surface area (Å²) < 4.78 is 1.75. The van der Waals surface area contributed by atoms with Crippen molar-refractivity contribution in [3.8, 4) is 5.69 Å². The molecule has 0 radical (unpaired) electrons. The summed E-state index contributed by atoms with van der Waals surface area (Å²) in [5, 5.41) is 6.87. The van der Waals surface area contributed by atoms with Gasteiger partial charge in [0, 0.05) is 24.5 Å². The monoisotopic (exact) mass is 215 g/mol. The minimum Gasteiger partial charge on any atom is -0.352 e. The zero-order valence-corrected chi connectivity index (χ0v) is 9.05. The van der Waals surface area contributed by atoms with Gasteiger partial charge in [0.05, 0.1) is 5.69 Å². The van der Waals surface area contributed by atoms with Crippen LogP contribution in [0.1, 0.15) is 17.3 Å². The highest BCUT2D eigenvalue weighted by atomic mass is 16.1. The zero-order valence-electron chi connectivity index (χ0n) is 9.05. The predicted octanol–water partition coefficient (Wildman–Crippen LogP) is 1.62. The van der Waals surface area contributed by atoms with Crippen LogP contribution in [0.2, 0.25) is 0 Å². The number of nitrogens with one attached hydrogen (secondary N) is 1. The Hall–Kier alpha value is -2.10. The fourth-order valence-electron chi connectivity index (χ4n) is 1.45. The van der Waals surface area contributed by atoms with Gasteiger partial charge in [-0.15, -0.1) is 0 Å². The fraction of sp³-hybridized carbons (Fsp3) is 0.167. The number of nitrogens with zero attached hydrogens (tertiary/aromatic N) is 2. The number of rotatable bonds is 3. The third-order valence-electron chi connectivity index (χ3n) is 2.24. The molecule has 0 saturated carbocycles. The molecule has 0 aliphatic carbocycles. The molecule has 0 atom stereocenters. The van der Waals surface area contributed by atoms with Crippen molar-refractivity contribution in [1.82, 2.24) is 15.1 Å². The molecule has 16 heavy (non-hydrogen) atoms. The van der Waals surface area contributed by atoms with E-state index in [1.54, 1.807) is 23.0 Å². The van der Waals surface area contributed by atoms with Crippen molar-refractivity contribution in [2.45, 2.75) is 6.92 Å². The molecule has 1 heterocycles. The minimum atomic E-state index is -0.0467. The van der Waals surface area contributed by atoms with Crippen LogP contribution in [0.25, 0.3) is 5.69 Å². The maximum absolute atomic E-state index is 11.5. The highest BCUT2D eigenvalue weighted by Crippen LogP contribution is 2.08. The largest absolute Gasteiger partial charge is 0.352 e.